The lowest BCUT2D eigenvalue weighted by atomic mass is 9.99. The maximum Gasteiger partial charge on any atom is 0.305 e. The fourth-order valence-electron chi connectivity index (χ4n) is 7.60. The van der Waals surface area contributed by atoms with E-state index in [0.717, 1.165) is 83.5 Å². The zero-order valence-electron chi connectivity index (χ0n) is 39.3. The average molecular weight is 880 g/mol. The fourth-order valence-corrected chi connectivity index (χ4v) is 7.60. The van der Waals surface area contributed by atoms with E-state index in [4.69, 9.17) is 14.2 Å². The monoisotopic (exact) mass is 880 g/mol. The van der Waals surface area contributed by atoms with E-state index in [-0.39, 0.29) is 18.5 Å². The number of ether oxygens (including phenoxy) is 3. The molecule has 0 saturated carbocycles. The van der Waals surface area contributed by atoms with Crippen molar-refractivity contribution in [2.45, 2.75) is 256 Å². The van der Waals surface area contributed by atoms with E-state index in [9.17, 15) is 35.1 Å². The molecule has 0 spiro atoms. The number of allylic oxidation sites excluding steroid dienone is 5. The minimum Gasteiger partial charge on any atom is -0.466 e. The highest BCUT2D eigenvalue weighted by atomic mass is 16.7. The summed E-state index contributed by atoms with van der Waals surface area (Å²) in [5, 5.41) is 54.0. The van der Waals surface area contributed by atoms with Crippen LogP contribution in [0.15, 0.2) is 36.5 Å². The number of carbonyl (C=O) groups is 2. The molecule has 1 aliphatic rings. The molecule has 0 aromatic rings. The van der Waals surface area contributed by atoms with Crippen molar-refractivity contribution in [2.75, 3.05) is 19.8 Å². The Morgan fingerprint density at radius 3 is 1.55 bits per heavy atom. The Morgan fingerprint density at radius 2 is 1.03 bits per heavy atom. The Bertz CT molecular complexity index is 1130. The van der Waals surface area contributed by atoms with Crippen LogP contribution in [0, 0.1) is 0 Å². The van der Waals surface area contributed by atoms with Crippen LogP contribution in [0.5, 0.6) is 0 Å². The van der Waals surface area contributed by atoms with Crippen LogP contribution >= 0.6 is 0 Å². The van der Waals surface area contributed by atoms with Gasteiger partial charge in [0.15, 0.2) is 6.29 Å². The molecule has 1 aliphatic heterocycles. The van der Waals surface area contributed by atoms with Crippen LogP contribution in [0.3, 0.4) is 0 Å². The predicted octanol–water partition coefficient (Wildman–Crippen LogP) is 9.99. The summed E-state index contributed by atoms with van der Waals surface area (Å²) >= 11 is 0. The van der Waals surface area contributed by atoms with Crippen LogP contribution < -0.4 is 5.32 Å². The van der Waals surface area contributed by atoms with E-state index in [1.54, 1.807) is 6.08 Å². The predicted molar refractivity (Wildman–Crippen MR) is 251 cm³/mol. The van der Waals surface area contributed by atoms with E-state index in [1.807, 2.05) is 6.08 Å². The van der Waals surface area contributed by atoms with Crippen LogP contribution in [-0.2, 0) is 23.8 Å². The Kier molecular flexibility index (Phi) is 38.8. The minimum absolute atomic E-state index is 0.0669. The van der Waals surface area contributed by atoms with Gasteiger partial charge in [-0.25, -0.2) is 0 Å². The molecule has 11 nitrogen and oxygen atoms in total. The number of carbonyl (C=O) groups excluding carboxylic acids is 2. The number of rotatable bonds is 42. The average Bonchev–Trinajstić information content (AvgIpc) is 3.27. The lowest BCUT2D eigenvalue weighted by molar-refractivity contribution is -0.302. The molecule has 0 aromatic heterocycles. The van der Waals surface area contributed by atoms with Crippen molar-refractivity contribution in [3.63, 3.8) is 0 Å². The van der Waals surface area contributed by atoms with E-state index in [2.05, 4.69) is 43.5 Å². The molecular weight excluding hydrogens is 787 g/mol. The van der Waals surface area contributed by atoms with Crippen molar-refractivity contribution in [3.05, 3.63) is 36.5 Å². The van der Waals surface area contributed by atoms with Crippen LogP contribution in [-0.4, -0.2) is 100 Å². The van der Waals surface area contributed by atoms with Crippen molar-refractivity contribution < 1.29 is 49.3 Å². The molecular formula is C51H93NO10. The molecule has 1 saturated heterocycles. The number of aliphatic hydroxyl groups is 5. The summed E-state index contributed by atoms with van der Waals surface area (Å²) in [6.07, 6.45) is 38.0. The summed E-state index contributed by atoms with van der Waals surface area (Å²) in [6.45, 7) is 4.17. The Hall–Kier alpha value is -2.12. The molecule has 7 unspecified atom stereocenters. The minimum atomic E-state index is -1.58. The highest BCUT2D eigenvalue weighted by Gasteiger charge is 2.44. The van der Waals surface area contributed by atoms with Gasteiger partial charge in [-0.05, 0) is 83.5 Å². The van der Waals surface area contributed by atoms with E-state index >= 15 is 0 Å². The topological polar surface area (TPSA) is 175 Å². The van der Waals surface area contributed by atoms with Crippen molar-refractivity contribution in [1.82, 2.24) is 5.32 Å². The Labute approximate surface area is 377 Å². The first-order valence-corrected chi connectivity index (χ1v) is 25.3. The van der Waals surface area contributed by atoms with Gasteiger partial charge in [0, 0.05) is 12.8 Å². The van der Waals surface area contributed by atoms with E-state index in [0.29, 0.717) is 25.9 Å². The third-order valence-corrected chi connectivity index (χ3v) is 11.7. The summed E-state index contributed by atoms with van der Waals surface area (Å²) < 4.78 is 16.6. The first kappa shape index (κ1) is 57.9. The van der Waals surface area contributed by atoms with Gasteiger partial charge in [-0.3, -0.25) is 9.59 Å². The number of aliphatic hydroxyl groups excluding tert-OH is 5. The van der Waals surface area contributed by atoms with Gasteiger partial charge in [-0.2, -0.15) is 0 Å². The number of nitrogens with one attached hydrogen (secondary N) is 1. The fraction of sp³-hybridized carbons (Fsp3) is 0.843. The largest absolute Gasteiger partial charge is 0.466 e. The smallest absolute Gasteiger partial charge is 0.305 e. The molecule has 11 heteroatoms. The molecule has 0 aliphatic carbocycles. The van der Waals surface area contributed by atoms with Crippen LogP contribution in [0.2, 0.25) is 0 Å². The second-order valence-corrected chi connectivity index (χ2v) is 17.5. The van der Waals surface area contributed by atoms with Gasteiger partial charge in [-0.15, -0.1) is 0 Å². The van der Waals surface area contributed by atoms with Crippen molar-refractivity contribution in [3.8, 4) is 0 Å². The van der Waals surface area contributed by atoms with Crippen LogP contribution in [0.1, 0.15) is 213 Å². The van der Waals surface area contributed by atoms with Gasteiger partial charge in [0.05, 0.1) is 32.0 Å². The molecule has 6 N–H and O–H groups in total. The summed E-state index contributed by atoms with van der Waals surface area (Å²) in [7, 11) is 0. The van der Waals surface area contributed by atoms with Gasteiger partial charge in [0.1, 0.15) is 24.4 Å². The van der Waals surface area contributed by atoms with Crippen LogP contribution in [0.25, 0.3) is 0 Å². The molecule has 0 radical (unpaired) electrons. The molecule has 1 amide bonds. The lowest BCUT2D eigenvalue weighted by Gasteiger charge is -2.40. The second-order valence-electron chi connectivity index (χ2n) is 17.5. The zero-order chi connectivity index (χ0) is 45.3. The standard InChI is InChI=1S/C51H93NO10/c1-3-5-7-9-11-13-14-15-16-19-23-27-31-35-39-47(56)60-40-36-32-28-24-20-17-18-22-26-30-34-38-46(55)52-43(44(54)37-33-29-25-21-12-10-8-6-4-2)42-61-51-50(59)49(58)48(57)45(41-53)62-51/h14-15,20,24,33,37,43-45,48-51,53-54,57-59H,3-13,16-19,21-23,25-32,34-36,38-42H2,1-2H3,(H,52,55)/b15-14-,24-20-,37-33+. The highest BCUT2D eigenvalue weighted by molar-refractivity contribution is 5.76. The summed E-state index contributed by atoms with van der Waals surface area (Å²) in [5.41, 5.74) is 0. The molecule has 1 fully saturated rings. The quantitative estimate of drug-likeness (QED) is 0.0197. The Balaban J connectivity index is 2.18. The van der Waals surface area contributed by atoms with Gasteiger partial charge in [0.25, 0.3) is 0 Å². The van der Waals surface area contributed by atoms with Crippen molar-refractivity contribution in [1.29, 1.82) is 0 Å². The summed E-state index contributed by atoms with van der Waals surface area (Å²) in [5.74, 6) is -0.282. The third kappa shape index (κ3) is 31.7. The van der Waals surface area contributed by atoms with Crippen molar-refractivity contribution >= 4 is 11.9 Å². The van der Waals surface area contributed by atoms with E-state index in [1.165, 1.54) is 96.3 Å². The molecule has 1 heterocycles. The molecule has 1 rings (SSSR count). The number of esters is 1. The van der Waals surface area contributed by atoms with Gasteiger partial charge < -0.3 is 45.1 Å². The molecule has 62 heavy (non-hydrogen) atoms. The third-order valence-electron chi connectivity index (χ3n) is 11.7. The number of hydrogen-bond donors (Lipinski definition) is 6. The van der Waals surface area contributed by atoms with Gasteiger partial charge >= 0.3 is 5.97 Å². The van der Waals surface area contributed by atoms with Crippen LogP contribution in [0.4, 0.5) is 0 Å². The maximum absolute atomic E-state index is 12.9. The molecule has 362 valence electrons. The van der Waals surface area contributed by atoms with Gasteiger partial charge in [0.2, 0.25) is 5.91 Å². The normalized spacial score (nSPS) is 20.4. The number of hydrogen-bond acceptors (Lipinski definition) is 10. The van der Waals surface area contributed by atoms with Gasteiger partial charge in [-0.1, -0.05) is 153 Å². The number of amides is 1. The molecule has 0 bridgehead atoms. The summed E-state index contributed by atoms with van der Waals surface area (Å²) in [6, 6.07) is -0.830. The number of unbranched alkanes of at least 4 members (excludes halogenated alkanes) is 24. The first-order chi connectivity index (χ1) is 30.2. The van der Waals surface area contributed by atoms with E-state index < -0.39 is 49.5 Å². The Morgan fingerprint density at radius 1 is 0.581 bits per heavy atom. The first-order valence-electron chi connectivity index (χ1n) is 25.3. The zero-order valence-corrected chi connectivity index (χ0v) is 39.3. The summed E-state index contributed by atoms with van der Waals surface area (Å²) in [4.78, 5) is 25.0. The van der Waals surface area contributed by atoms with Crippen molar-refractivity contribution in [2.24, 2.45) is 0 Å². The lowest BCUT2D eigenvalue weighted by Crippen LogP contribution is -2.60. The second kappa shape index (κ2) is 41.6. The molecule has 0 aromatic carbocycles. The maximum atomic E-state index is 12.9. The SMILES string of the molecule is CCCCCCC/C=C\CCCCCCCC(=O)OCCCC/C=C\CCCCCCCC(=O)NC(COC1OC(CO)C(O)C(O)C1O)C(O)/C=C/CCCCCCCCC. The highest BCUT2D eigenvalue weighted by Crippen LogP contribution is 2.22. The molecule has 7 atom stereocenters.